The van der Waals surface area contributed by atoms with Crippen molar-refractivity contribution in [3.63, 3.8) is 0 Å². The molecule has 0 radical (unpaired) electrons. The maximum atomic E-state index is 5.96. The first-order chi connectivity index (χ1) is 8.20. The summed E-state index contributed by atoms with van der Waals surface area (Å²) in [6.07, 6.45) is 5.50. The van der Waals surface area contributed by atoms with Crippen molar-refractivity contribution >= 4 is 27.3 Å². The maximum Gasteiger partial charge on any atom is 0.0328 e. The van der Waals surface area contributed by atoms with Crippen molar-refractivity contribution < 1.29 is 0 Å². The molecule has 4 heteroatoms. The third kappa shape index (κ3) is 3.53. The third-order valence-electron chi connectivity index (χ3n) is 3.78. The van der Waals surface area contributed by atoms with Crippen LogP contribution in [0.15, 0.2) is 15.9 Å². The summed E-state index contributed by atoms with van der Waals surface area (Å²) in [4.78, 5) is 3.85. The molecule has 0 aromatic carbocycles. The minimum Gasteiger partial charge on any atom is -0.329 e. The molecule has 1 aliphatic rings. The Bertz CT molecular complexity index is 347. The summed E-state index contributed by atoms with van der Waals surface area (Å²) in [6, 6.07) is 2.77. The van der Waals surface area contributed by atoms with Crippen molar-refractivity contribution in [2.75, 3.05) is 13.6 Å². The predicted molar refractivity (Wildman–Crippen MR) is 78.3 cm³/mol. The van der Waals surface area contributed by atoms with Crippen molar-refractivity contribution in [2.45, 2.75) is 38.3 Å². The minimum atomic E-state index is 0.554. The molecule has 0 bridgehead atoms. The van der Waals surface area contributed by atoms with E-state index in [0.717, 1.165) is 19.0 Å². The van der Waals surface area contributed by atoms with Crippen molar-refractivity contribution in [1.29, 1.82) is 0 Å². The molecule has 1 aromatic rings. The number of likely N-dealkylation sites (N-methyl/N-ethyl adjacent to an activating group) is 1. The molecule has 1 unspecified atom stereocenters. The van der Waals surface area contributed by atoms with Crippen LogP contribution in [0.5, 0.6) is 0 Å². The molecule has 1 atom stereocenters. The largest absolute Gasteiger partial charge is 0.329 e. The lowest BCUT2D eigenvalue weighted by molar-refractivity contribution is 0.175. The molecular weight excluding hydrogens is 296 g/mol. The molecule has 2 nitrogen and oxygen atoms in total. The van der Waals surface area contributed by atoms with Crippen LogP contribution in [-0.4, -0.2) is 24.5 Å². The minimum absolute atomic E-state index is 0.554. The summed E-state index contributed by atoms with van der Waals surface area (Å²) >= 11 is 5.33. The molecule has 0 spiro atoms. The second-order valence-corrected chi connectivity index (χ2v) is 6.91. The second kappa shape index (κ2) is 6.32. The Hall–Kier alpha value is 0.1000. The number of nitrogens with zero attached hydrogens (tertiary/aromatic N) is 1. The highest BCUT2D eigenvalue weighted by Crippen LogP contribution is 2.30. The van der Waals surface area contributed by atoms with E-state index < -0.39 is 0 Å². The van der Waals surface area contributed by atoms with E-state index in [-0.39, 0.29) is 0 Å². The van der Waals surface area contributed by atoms with E-state index in [9.17, 15) is 0 Å². The van der Waals surface area contributed by atoms with Gasteiger partial charge in [-0.05, 0) is 47.8 Å². The number of halogens is 1. The Morgan fingerprint density at radius 3 is 2.76 bits per heavy atom. The van der Waals surface area contributed by atoms with Gasteiger partial charge in [0.05, 0.1) is 0 Å². The van der Waals surface area contributed by atoms with Crippen molar-refractivity contribution in [2.24, 2.45) is 11.7 Å². The van der Waals surface area contributed by atoms with Crippen molar-refractivity contribution in [1.82, 2.24) is 4.90 Å². The number of hydrogen-bond acceptors (Lipinski definition) is 3. The standard InChI is InChI=1S/C13H21BrN2S/c1-16(8-12-6-11(14)9-17-12)13(7-15)10-4-2-3-5-10/h6,9-10,13H,2-5,7-8,15H2,1H3. The highest BCUT2D eigenvalue weighted by Gasteiger charge is 2.27. The third-order valence-corrected chi connectivity index (χ3v) is 5.46. The fourth-order valence-corrected chi connectivity index (χ4v) is 4.39. The Labute approximate surface area is 116 Å². The van der Waals surface area contributed by atoms with Gasteiger partial charge in [-0.15, -0.1) is 11.3 Å². The molecule has 0 saturated heterocycles. The molecule has 1 saturated carbocycles. The van der Waals surface area contributed by atoms with E-state index in [0.29, 0.717) is 6.04 Å². The number of hydrogen-bond donors (Lipinski definition) is 1. The predicted octanol–water partition coefficient (Wildman–Crippen LogP) is 3.46. The fraction of sp³-hybridized carbons (Fsp3) is 0.692. The quantitative estimate of drug-likeness (QED) is 0.901. The van der Waals surface area contributed by atoms with Gasteiger partial charge in [-0.25, -0.2) is 0 Å². The van der Waals surface area contributed by atoms with Gasteiger partial charge in [0.25, 0.3) is 0 Å². The number of rotatable bonds is 5. The van der Waals surface area contributed by atoms with Crippen LogP contribution in [0.4, 0.5) is 0 Å². The zero-order chi connectivity index (χ0) is 12.3. The summed E-state index contributed by atoms with van der Waals surface area (Å²) in [7, 11) is 2.21. The van der Waals surface area contributed by atoms with Gasteiger partial charge in [-0.1, -0.05) is 12.8 Å². The van der Waals surface area contributed by atoms with Gasteiger partial charge >= 0.3 is 0 Å². The maximum absolute atomic E-state index is 5.96. The van der Waals surface area contributed by atoms with E-state index in [1.54, 1.807) is 0 Å². The highest BCUT2D eigenvalue weighted by molar-refractivity contribution is 9.10. The first-order valence-corrected chi connectivity index (χ1v) is 8.01. The summed E-state index contributed by atoms with van der Waals surface area (Å²) < 4.78 is 1.19. The number of nitrogens with two attached hydrogens (primary N) is 1. The molecule has 96 valence electrons. The Balaban J connectivity index is 1.94. The van der Waals surface area contributed by atoms with Gasteiger partial charge in [0.2, 0.25) is 0 Å². The Morgan fingerprint density at radius 2 is 2.24 bits per heavy atom. The monoisotopic (exact) mass is 316 g/mol. The molecule has 1 aromatic heterocycles. The summed E-state index contributed by atoms with van der Waals surface area (Å²) in [6.45, 7) is 1.81. The molecule has 2 rings (SSSR count). The average Bonchev–Trinajstić information content (AvgIpc) is 2.92. The second-order valence-electron chi connectivity index (χ2n) is 4.99. The Morgan fingerprint density at radius 1 is 1.53 bits per heavy atom. The average molecular weight is 317 g/mol. The number of thiophene rings is 1. The summed E-state index contributed by atoms with van der Waals surface area (Å²) in [5.41, 5.74) is 5.96. The molecule has 0 aliphatic heterocycles. The fourth-order valence-electron chi connectivity index (χ4n) is 2.87. The molecule has 1 heterocycles. The van der Waals surface area contributed by atoms with E-state index in [2.05, 4.69) is 39.3 Å². The van der Waals surface area contributed by atoms with Crippen LogP contribution in [0.3, 0.4) is 0 Å². The normalized spacial score (nSPS) is 19.1. The van der Waals surface area contributed by atoms with Crippen LogP contribution in [-0.2, 0) is 6.54 Å². The first-order valence-electron chi connectivity index (χ1n) is 6.34. The highest BCUT2D eigenvalue weighted by atomic mass is 79.9. The SMILES string of the molecule is CN(Cc1cc(Br)cs1)C(CN)C1CCCC1. The van der Waals surface area contributed by atoms with Gasteiger partial charge in [-0.2, -0.15) is 0 Å². The van der Waals surface area contributed by atoms with E-state index in [1.165, 1.54) is 35.0 Å². The lowest BCUT2D eigenvalue weighted by Crippen LogP contribution is -2.42. The van der Waals surface area contributed by atoms with Crippen molar-refractivity contribution in [3.8, 4) is 0 Å². The molecule has 17 heavy (non-hydrogen) atoms. The smallest absolute Gasteiger partial charge is 0.0328 e. The van der Waals surface area contributed by atoms with Crippen LogP contribution in [0.1, 0.15) is 30.6 Å². The van der Waals surface area contributed by atoms with Crippen LogP contribution in [0.25, 0.3) is 0 Å². The Kier molecular flexibility index (Phi) is 5.03. The molecule has 2 N–H and O–H groups in total. The molecular formula is C13H21BrN2S. The molecule has 0 amide bonds. The van der Waals surface area contributed by atoms with Gasteiger partial charge in [0, 0.05) is 33.9 Å². The van der Waals surface area contributed by atoms with Crippen LogP contribution in [0.2, 0.25) is 0 Å². The summed E-state index contributed by atoms with van der Waals surface area (Å²) in [5.74, 6) is 0.813. The van der Waals surface area contributed by atoms with E-state index in [4.69, 9.17) is 5.73 Å². The lowest BCUT2D eigenvalue weighted by atomic mass is 9.97. The first kappa shape index (κ1) is 13.5. The van der Waals surface area contributed by atoms with Gasteiger partial charge in [0.1, 0.15) is 0 Å². The van der Waals surface area contributed by atoms with Crippen molar-refractivity contribution in [3.05, 3.63) is 20.8 Å². The van der Waals surface area contributed by atoms with Gasteiger partial charge < -0.3 is 5.73 Å². The lowest BCUT2D eigenvalue weighted by Gasteiger charge is -2.31. The van der Waals surface area contributed by atoms with Crippen LogP contribution >= 0.6 is 27.3 Å². The zero-order valence-electron chi connectivity index (χ0n) is 10.4. The van der Waals surface area contributed by atoms with E-state index >= 15 is 0 Å². The zero-order valence-corrected chi connectivity index (χ0v) is 12.8. The van der Waals surface area contributed by atoms with E-state index in [1.807, 2.05) is 11.3 Å². The van der Waals surface area contributed by atoms with Crippen LogP contribution in [0, 0.1) is 5.92 Å². The topological polar surface area (TPSA) is 29.3 Å². The van der Waals surface area contributed by atoms with Gasteiger partial charge in [0.15, 0.2) is 0 Å². The molecule has 1 aliphatic carbocycles. The molecule has 1 fully saturated rings. The van der Waals surface area contributed by atoms with Crippen LogP contribution < -0.4 is 5.73 Å². The van der Waals surface area contributed by atoms with Gasteiger partial charge in [-0.3, -0.25) is 4.90 Å². The summed E-state index contributed by atoms with van der Waals surface area (Å²) in [5, 5.41) is 2.15.